The number of fused-ring (bicyclic) bond motifs is 1. The summed E-state index contributed by atoms with van der Waals surface area (Å²) in [5.41, 5.74) is 2.54. The molecular weight excluding hydrogens is 411 g/mol. The van der Waals surface area contributed by atoms with Gasteiger partial charge in [0.2, 0.25) is 5.91 Å². The van der Waals surface area contributed by atoms with E-state index in [-0.39, 0.29) is 6.54 Å². The van der Waals surface area contributed by atoms with Crippen LogP contribution in [0, 0.1) is 26.6 Å². The summed E-state index contributed by atoms with van der Waals surface area (Å²) in [6.07, 6.45) is 0. The highest BCUT2D eigenvalue weighted by Crippen LogP contribution is 2.17. The van der Waals surface area contributed by atoms with Crippen LogP contribution in [0.15, 0.2) is 58.1 Å². The van der Waals surface area contributed by atoms with Gasteiger partial charge in [0, 0.05) is 18.4 Å². The number of hydrogen-bond donors (Lipinski definition) is 1. The van der Waals surface area contributed by atoms with E-state index in [0.29, 0.717) is 28.0 Å². The number of anilines is 1. The molecule has 2 aromatic heterocycles. The largest absolute Gasteiger partial charge is 0.342 e. The third kappa shape index (κ3) is 3.64. The van der Waals surface area contributed by atoms with Gasteiger partial charge >= 0.3 is 5.69 Å². The van der Waals surface area contributed by atoms with Gasteiger partial charge in [-0.25, -0.2) is 13.8 Å². The Kier molecular flexibility index (Phi) is 5.30. The lowest BCUT2D eigenvalue weighted by atomic mass is 10.2. The number of halogens is 1. The van der Waals surface area contributed by atoms with E-state index in [2.05, 4.69) is 5.32 Å². The van der Waals surface area contributed by atoms with E-state index in [1.165, 1.54) is 10.6 Å². The zero-order valence-electron chi connectivity index (χ0n) is 18.3. The highest BCUT2D eigenvalue weighted by atomic mass is 19.1. The second kappa shape index (κ2) is 7.96. The van der Waals surface area contributed by atoms with Crippen LogP contribution in [0.1, 0.15) is 16.8 Å². The van der Waals surface area contributed by atoms with Gasteiger partial charge in [-0.2, -0.15) is 0 Å². The van der Waals surface area contributed by atoms with Gasteiger partial charge in [-0.15, -0.1) is 0 Å². The predicted molar refractivity (Wildman–Crippen MR) is 122 cm³/mol. The van der Waals surface area contributed by atoms with Crippen LogP contribution in [0.2, 0.25) is 0 Å². The molecule has 1 amide bonds. The quantitative estimate of drug-likeness (QED) is 0.536. The first kappa shape index (κ1) is 21.3. The van der Waals surface area contributed by atoms with Crippen molar-refractivity contribution in [3.05, 3.63) is 92.0 Å². The summed E-state index contributed by atoms with van der Waals surface area (Å²) in [5.74, 6) is -0.943. The summed E-state index contributed by atoms with van der Waals surface area (Å²) < 4.78 is 17.9. The number of aromatic nitrogens is 3. The molecule has 0 saturated heterocycles. The maximum Gasteiger partial charge on any atom is 0.336 e. The van der Waals surface area contributed by atoms with Crippen LogP contribution in [-0.2, 0) is 18.4 Å². The molecule has 0 aliphatic carbocycles. The van der Waals surface area contributed by atoms with Crippen LogP contribution in [0.4, 0.5) is 10.1 Å². The fourth-order valence-corrected chi connectivity index (χ4v) is 3.68. The second-order valence-corrected chi connectivity index (χ2v) is 7.94. The molecule has 0 spiro atoms. The van der Waals surface area contributed by atoms with Crippen molar-refractivity contribution in [2.24, 2.45) is 7.05 Å². The average molecular weight is 434 g/mol. The van der Waals surface area contributed by atoms with Gasteiger partial charge in [0.25, 0.3) is 5.56 Å². The molecule has 0 atom stereocenters. The van der Waals surface area contributed by atoms with Crippen LogP contribution in [0.3, 0.4) is 0 Å². The Bertz CT molecular complexity index is 1480. The van der Waals surface area contributed by atoms with E-state index in [9.17, 15) is 18.8 Å². The summed E-state index contributed by atoms with van der Waals surface area (Å²) in [6, 6.07) is 13.1. The molecule has 8 heteroatoms. The number of nitrogens with zero attached hydrogens (tertiary/aromatic N) is 3. The minimum Gasteiger partial charge on any atom is -0.342 e. The highest BCUT2D eigenvalue weighted by molar-refractivity contribution is 5.91. The SMILES string of the molecule is Cc1ccc(-n2c(=O)c3c(cc(C)n3C)n(CC(=O)Nc3ccc(C)c(F)c3)c2=O)cc1. The lowest BCUT2D eigenvalue weighted by molar-refractivity contribution is -0.116. The number of rotatable bonds is 4. The Balaban J connectivity index is 1.84. The third-order valence-corrected chi connectivity index (χ3v) is 5.62. The third-order valence-electron chi connectivity index (χ3n) is 5.62. The molecule has 7 nitrogen and oxygen atoms in total. The van der Waals surface area contributed by atoms with Gasteiger partial charge < -0.3 is 9.88 Å². The molecule has 164 valence electrons. The Hall–Kier alpha value is -3.94. The molecule has 0 aliphatic rings. The normalized spacial score (nSPS) is 11.2. The number of nitrogens with one attached hydrogen (secondary N) is 1. The monoisotopic (exact) mass is 434 g/mol. The fourth-order valence-electron chi connectivity index (χ4n) is 3.68. The first-order chi connectivity index (χ1) is 15.2. The summed E-state index contributed by atoms with van der Waals surface area (Å²) in [5, 5.41) is 2.62. The zero-order chi connectivity index (χ0) is 23.2. The van der Waals surface area contributed by atoms with Crippen LogP contribution >= 0.6 is 0 Å². The minimum absolute atomic E-state index is 0.290. The molecule has 1 N–H and O–H groups in total. The predicted octanol–water partition coefficient (Wildman–Crippen LogP) is 3.19. The minimum atomic E-state index is -0.623. The first-order valence-electron chi connectivity index (χ1n) is 10.1. The van der Waals surface area contributed by atoms with Crippen LogP contribution in [0.25, 0.3) is 16.7 Å². The van der Waals surface area contributed by atoms with Crippen molar-refractivity contribution < 1.29 is 9.18 Å². The van der Waals surface area contributed by atoms with E-state index in [0.717, 1.165) is 15.8 Å². The first-order valence-corrected chi connectivity index (χ1v) is 10.1. The number of aryl methyl sites for hydroxylation is 4. The van der Waals surface area contributed by atoms with E-state index < -0.39 is 23.0 Å². The van der Waals surface area contributed by atoms with Crippen molar-refractivity contribution in [2.75, 3.05) is 5.32 Å². The van der Waals surface area contributed by atoms with Crippen LogP contribution in [-0.4, -0.2) is 19.6 Å². The van der Waals surface area contributed by atoms with Crippen molar-refractivity contribution in [2.45, 2.75) is 27.3 Å². The van der Waals surface area contributed by atoms with Gasteiger partial charge in [-0.05, 0) is 56.7 Å². The highest BCUT2D eigenvalue weighted by Gasteiger charge is 2.20. The molecular formula is C24H23FN4O3. The maximum absolute atomic E-state index is 13.8. The molecule has 0 bridgehead atoms. The van der Waals surface area contributed by atoms with Crippen molar-refractivity contribution in [3.8, 4) is 5.69 Å². The van der Waals surface area contributed by atoms with Crippen molar-refractivity contribution >= 4 is 22.6 Å². The lowest BCUT2D eigenvalue weighted by Crippen LogP contribution is -2.41. The molecule has 0 unspecified atom stereocenters. The van der Waals surface area contributed by atoms with Crippen molar-refractivity contribution in [1.29, 1.82) is 0 Å². The van der Waals surface area contributed by atoms with E-state index in [4.69, 9.17) is 0 Å². The Morgan fingerprint density at radius 2 is 1.69 bits per heavy atom. The molecule has 2 aromatic carbocycles. The molecule has 0 aliphatic heterocycles. The van der Waals surface area contributed by atoms with Gasteiger partial charge in [0.05, 0.1) is 11.2 Å². The van der Waals surface area contributed by atoms with Crippen LogP contribution in [0.5, 0.6) is 0 Å². The second-order valence-electron chi connectivity index (χ2n) is 7.94. The average Bonchev–Trinajstić information content (AvgIpc) is 3.04. The Morgan fingerprint density at radius 3 is 2.34 bits per heavy atom. The Morgan fingerprint density at radius 1 is 1.00 bits per heavy atom. The van der Waals surface area contributed by atoms with E-state index in [1.807, 2.05) is 26.0 Å². The number of carbonyl (C=O) groups is 1. The smallest absolute Gasteiger partial charge is 0.336 e. The standard InChI is InChI=1S/C24H23FN4O3/c1-14-5-9-18(10-6-14)29-23(31)22-20(11-16(3)27(22)4)28(24(29)32)13-21(30)26-17-8-7-15(2)19(25)12-17/h5-12H,13H2,1-4H3,(H,26,30). The molecule has 32 heavy (non-hydrogen) atoms. The summed E-state index contributed by atoms with van der Waals surface area (Å²) in [7, 11) is 1.74. The molecule has 4 rings (SSSR count). The zero-order valence-corrected chi connectivity index (χ0v) is 18.3. The number of carbonyl (C=O) groups excluding carboxylic acids is 1. The summed E-state index contributed by atoms with van der Waals surface area (Å²) in [4.78, 5) is 39.4. The molecule has 2 heterocycles. The summed E-state index contributed by atoms with van der Waals surface area (Å²) >= 11 is 0. The maximum atomic E-state index is 13.8. The molecule has 0 radical (unpaired) electrons. The van der Waals surface area contributed by atoms with Gasteiger partial charge in [-0.3, -0.25) is 14.2 Å². The molecule has 0 saturated carbocycles. The molecule has 4 aromatic rings. The Labute approximate surface area is 183 Å². The van der Waals surface area contributed by atoms with E-state index in [1.54, 1.807) is 48.9 Å². The topological polar surface area (TPSA) is 78.0 Å². The molecule has 0 fully saturated rings. The van der Waals surface area contributed by atoms with E-state index >= 15 is 0 Å². The lowest BCUT2D eigenvalue weighted by Gasteiger charge is -2.13. The number of amides is 1. The van der Waals surface area contributed by atoms with Gasteiger partial charge in [0.1, 0.15) is 17.9 Å². The van der Waals surface area contributed by atoms with Gasteiger partial charge in [-0.1, -0.05) is 23.8 Å². The summed E-state index contributed by atoms with van der Waals surface area (Å²) in [6.45, 7) is 5.02. The van der Waals surface area contributed by atoms with Gasteiger partial charge in [0.15, 0.2) is 0 Å². The number of hydrogen-bond acceptors (Lipinski definition) is 3. The fraction of sp³-hybridized carbons (Fsp3) is 0.208. The van der Waals surface area contributed by atoms with Crippen molar-refractivity contribution in [3.63, 3.8) is 0 Å². The van der Waals surface area contributed by atoms with Crippen LogP contribution < -0.4 is 16.6 Å². The van der Waals surface area contributed by atoms with Crippen molar-refractivity contribution in [1.82, 2.24) is 13.7 Å². The number of benzene rings is 2.